The van der Waals surface area contributed by atoms with Crippen molar-refractivity contribution in [2.45, 2.75) is 31.7 Å². The van der Waals surface area contributed by atoms with E-state index in [0.717, 1.165) is 25.8 Å². The van der Waals surface area contributed by atoms with E-state index in [-0.39, 0.29) is 11.9 Å². The van der Waals surface area contributed by atoms with E-state index in [4.69, 9.17) is 5.73 Å². The molecule has 1 aliphatic heterocycles. The quantitative estimate of drug-likeness (QED) is 0.500. The molecule has 1 amide bonds. The molecule has 0 spiro atoms. The Kier molecular flexibility index (Phi) is 2.68. The van der Waals surface area contributed by atoms with Gasteiger partial charge in [0, 0.05) is 6.54 Å². The number of amides is 1. The number of carbonyl (C=O) groups excluding carboxylic acids is 1. The first-order valence-electron chi connectivity index (χ1n) is 3.84. The lowest BCUT2D eigenvalue weighted by atomic mass is 10.1. The first-order chi connectivity index (χ1) is 4.80. The zero-order chi connectivity index (χ0) is 7.40. The predicted octanol–water partition coefficient (Wildman–Crippen LogP) is 0.00390. The molecule has 0 aromatic rings. The Bertz CT molecular complexity index is 125. The second kappa shape index (κ2) is 3.56. The molecule has 0 radical (unpaired) electrons. The Balaban J connectivity index is 2.35. The first-order valence-corrected chi connectivity index (χ1v) is 3.84. The molecule has 1 rings (SSSR count). The van der Waals surface area contributed by atoms with Crippen molar-refractivity contribution in [2.75, 3.05) is 6.54 Å². The molecule has 3 N–H and O–H groups in total. The van der Waals surface area contributed by atoms with Crippen molar-refractivity contribution in [3.8, 4) is 0 Å². The van der Waals surface area contributed by atoms with Crippen molar-refractivity contribution < 1.29 is 4.79 Å². The Morgan fingerprint density at radius 1 is 1.40 bits per heavy atom. The van der Waals surface area contributed by atoms with E-state index >= 15 is 0 Å². The molecule has 1 heterocycles. The van der Waals surface area contributed by atoms with Crippen LogP contribution in [0.1, 0.15) is 25.7 Å². The minimum Gasteiger partial charge on any atom is -0.355 e. The fourth-order valence-electron chi connectivity index (χ4n) is 1.14. The van der Waals surface area contributed by atoms with Crippen molar-refractivity contribution in [3.63, 3.8) is 0 Å². The Morgan fingerprint density at radius 3 is 3.00 bits per heavy atom. The van der Waals surface area contributed by atoms with Crippen LogP contribution in [0.3, 0.4) is 0 Å². The highest BCUT2D eigenvalue weighted by Crippen LogP contribution is 2.04. The van der Waals surface area contributed by atoms with Crippen LogP contribution in [0.5, 0.6) is 0 Å². The van der Waals surface area contributed by atoms with Gasteiger partial charge in [-0.1, -0.05) is 12.8 Å². The van der Waals surface area contributed by atoms with Gasteiger partial charge in [0.1, 0.15) is 0 Å². The summed E-state index contributed by atoms with van der Waals surface area (Å²) in [5.74, 6) is 0.0136. The van der Waals surface area contributed by atoms with Gasteiger partial charge in [-0.2, -0.15) is 0 Å². The van der Waals surface area contributed by atoms with Crippen LogP contribution in [-0.2, 0) is 4.79 Å². The summed E-state index contributed by atoms with van der Waals surface area (Å²) in [6.07, 6.45) is 4.22. The van der Waals surface area contributed by atoms with E-state index in [1.165, 1.54) is 6.42 Å². The second-order valence-electron chi connectivity index (χ2n) is 2.75. The van der Waals surface area contributed by atoms with Gasteiger partial charge < -0.3 is 11.1 Å². The molecule has 1 aliphatic rings. The van der Waals surface area contributed by atoms with E-state index in [1.54, 1.807) is 0 Å². The summed E-state index contributed by atoms with van der Waals surface area (Å²) in [6.45, 7) is 0.798. The molecule has 0 bridgehead atoms. The van der Waals surface area contributed by atoms with Gasteiger partial charge in [0.25, 0.3) is 0 Å². The van der Waals surface area contributed by atoms with Gasteiger partial charge >= 0.3 is 0 Å². The van der Waals surface area contributed by atoms with Gasteiger partial charge in [-0.15, -0.1) is 0 Å². The molecular formula is C7H14N2O. The summed E-state index contributed by atoms with van der Waals surface area (Å²) in [6, 6.07) is -0.264. The number of nitrogens with one attached hydrogen (secondary N) is 1. The van der Waals surface area contributed by atoms with Crippen LogP contribution >= 0.6 is 0 Å². The normalized spacial score (nSPS) is 28.5. The SMILES string of the molecule is N[C@H]1CCCCCNC1=O. The Labute approximate surface area is 61.0 Å². The van der Waals surface area contributed by atoms with Crippen molar-refractivity contribution >= 4 is 5.91 Å². The number of nitrogens with two attached hydrogens (primary N) is 1. The standard InChI is InChI=1S/C7H14N2O/c8-6-4-2-1-3-5-9-7(6)10/h6H,1-5,8H2,(H,9,10)/t6-/m0/s1. The topological polar surface area (TPSA) is 55.1 Å². The largest absolute Gasteiger partial charge is 0.355 e. The molecule has 10 heavy (non-hydrogen) atoms. The monoisotopic (exact) mass is 142 g/mol. The van der Waals surface area contributed by atoms with Crippen LogP contribution in [0.25, 0.3) is 0 Å². The highest BCUT2D eigenvalue weighted by Gasteiger charge is 2.13. The Hall–Kier alpha value is -0.570. The third-order valence-corrected chi connectivity index (χ3v) is 1.83. The van der Waals surface area contributed by atoms with Gasteiger partial charge in [0.15, 0.2) is 0 Å². The van der Waals surface area contributed by atoms with E-state index in [1.807, 2.05) is 0 Å². The summed E-state index contributed by atoms with van der Waals surface area (Å²) < 4.78 is 0. The molecule has 3 nitrogen and oxygen atoms in total. The number of carbonyl (C=O) groups is 1. The van der Waals surface area contributed by atoms with Crippen LogP contribution in [0, 0.1) is 0 Å². The van der Waals surface area contributed by atoms with E-state index in [9.17, 15) is 4.79 Å². The summed E-state index contributed by atoms with van der Waals surface area (Å²) >= 11 is 0. The fraction of sp³-hybridized carbons (Fsp3) is 0.857. The molecule has 0 aromatic heterocycles. The zero-order valence-electron chi connectivity index (χ0n) is 6.10. The minimum absolute atomic E-state index is 0.0136. The van der Waals surface area contributed by atoms with Crippen molar-refractivity contribution in [1.29, 1.82) is 0 Å². The second-order valence-corrected chi connectivity index (χ2v) is 2.75. The average molecular weight is 142 g/mol. The van der Waals surface area contributed by atoms with Crippen LogP contribution in [0.2, 0.25) is 0 Å². The van der Waals surface area contributed by atoms with Crippen LogP contribution in [0.15, 0.2) is 0 Å². The molecule has 0 aromatic carbocycles. The average Bonchev–Trinajstić information content (AvgIpc) is 1.92. The lowest BCUT2D eigenvalue weighted by Crippen LogP contribution is -2.41. The molecule has 0 aliphatic carbocycles. The third kappa shape index (κ3) is 1.99. The predicted molar refractivity (Wildman–Crippen MR) is 39.5 cm³/mol. The molecule has 1 atom stereocenters. The van der Waals surface area contributed by atoms with E-state index < -0.39 is 0 Å². The summed E-state index contributed by atoms with van der Waals surface area (Å²) in [7, 11) is 0. The fourth-order valence-corrected chi connectivity index (χ4v) is 1.14. The van der Waals surface area contributed by atoms with Gasteiger partial charge in [0.2, 0.25) is 5.91 Å². The van der Waals surface area contributed by atoms with Gasteiger partial charge in [-0.3, -0.25) is 4.79 Å². The summed E-state index contributed by atoms with van der Waals surface area (Å²) in [5.41, 5.74) is 5.54. The summed E-state index contributed by atoms with van der Waals surface area (Å²) in [4.78, 5) is 10.9. The molecule has 1 fully saturated rings. The maximum Gasteiger partial charge on any atom is 0.236 e. The number of rotatable bonds is 0. The zero-order valence-corrected chi connectivity index (χ0v) is 6.10. The van der Waals surface area contributed by atoms with Crippen molar-refractivity contribution in [3.05, 3.63) is 0 Å². The van der Waals surface area contributed by atoms with Crippen LogP contribution in [-0.4, -0.2) is 18.5 Å². The van der Waals surface area contributed by atoms with Gasteiger partial charge in [-0.05, 0) is 12.8 Å². The lowest BCUT2D eigenvalue weighted by molar-refractivity contribution is -0.122. The number of hydrogen-bond acceptors (Lipinski definition) is 2. The molecule has 3 heteroatoms. The van der Waals surface area contributed by atoms with E-state index in [2.05, 4.69) is 5.32 Å². The molecule has 1 saturated heterocycles. The maximum atomic E-state index is 10.9. The Morgan fingerprint density at radius 2 is 2.20 bits per heavy atom. The molecule has 58 valence electrons. The number of hydrogen-bond donors (Lipinski definition) is 2. The lowest BCUT2D eigenvalue weighted by Gasteiger charge is -2.15. The van der Waals surface area contributed by atoms with Gasteiger partial charge in [-0.25, -0.2) is 0 Å². The molecular weight excluding hydrogens is 128 g/mol. The molecule has 0 saturated carbocycles. The van der Waals surface area contributed by atoms with Crippen LogP contribution in [0.4, 0.5) is 0 Å². The smallest absolute Gasteiger partial charge is 0.236 e. The van der Waals surface area contributed by atoms with Gasteiger partial charge in [0.05, 0.1) is 6.04 Å². The maximum absolute atomic E-state index is 10.9. The molecule has 0 unspecified atom stereocenters. The van der Waals surface area contributed by atoms with Crippen molar-refractivity contribution in [1.82, 2.24) is 5.32 Å². The minimum atomic E-state index is -0.264. The highest BCUT2D eigenvalue weighted by atomic mass is 16.2. The first kappa shape index (κ1) is 7.54. The van der Waals surface area contributed by atoms with E-state index in [0.29, 0.717) is 0 Å². The third-order valence-electron chi connectivity index (χ3n) is 1.83. The summed E-state index contributed by atoms with van der Waals surface area (Å²) in [5, 5.41) is 2.77. The highest BCUT2D eigenvalue weighted by molar-refractivity contribution is 5.81. The van der Waals surface area contributed by atoms with Crippen molar-refractivity contribution in [2.24, 2.45) is 5.73 Å². The van der Waals surface area contributed by atoms with Crippen LogP contribution < -0.4 is 11.1 Å².